The first-order valence-electron chi connectivity index (χ1n) is 4.21. The molecule has 0 aliphatic rings. The second-order valence-corrected chi connectivity index (χ2v) is 3.07. The van der Waals surface area contributed by atoms with Crippen molar-refractivity contribution in [2.45, 2.75) is 25.8 Å². The van der Waals surface area contributed by atoms with E-state index in [0.717, 1.165) is 12.8 Å². The molecule has 0 aromatic heterocycles. The van der Waals surface area contributed by atoms with Crippen LogP contribution in [0.15, 0.2) is 0 Å². The fourth-order valence-electron chi connectivity index (χ4n) is 1.00. The number of hydrogen-bond acceptors (Lipinski definition) is 2. The standard InChI is InChI=1S/C8H18N2OS/c1-4-5-7(6-11-3)10-8(12)9-2/h7H,4-6H2,1-3H3,(H2,9,10,12). The molecule has 12 heavy (non-hydrogen) atoms. The number of hydrogen-bond donors (Lipinski definition) is 2. The SMILES string of the molecule is CCCC(COC)NC(=S)NC. The van der Waals surface area contributed by atoms with Gasteiger partial charge in [-0.3, -0.25) is 0 Å². The van der Waals surface area contributed by atoms with Crippen LogP contribution in [0.1, 0.15) is 19.8 Å². The van der Waals surface area contributed by atoms with Crippen LogP contribution in [0.25, 0.3) is 0 Å². The van der Waals surface area contributed by atoms with Crippen LogP contribution in [0.2, 0.25) is 0 Å². The molecular formula is C8H18N2OS. The average Bonchev–Trinajstić information content (AvgIpc) is 2.05. The Morgan fingerprint density at radius 2 is 2.25 bits per heavy atom. The highest BCUT2D eigenvalue weighted by atomic mass is 32.1. The first-order valence-corrected chi connectivity index (χ1v) is 4.62. The van der Waals surface area contributed by atoms with Gasteiger partial charge in [-0.15, -0.1) is 0 Å². The monoisotopic (exact) mass is 190 g/mol. The third kappa shape index (κ3) is 5.32. The molecule has 2 N–H and O–H groups in total. The molecule has 0 aromatic rings. The van der Waals surface area contributed by atoms with E-state index in [2.05, 4.69) is 17.6 Å². The van der Waals surface area contributed by atoms with E-state index >= 15 is 0 Å². The summed E-state index contributed by atoms with van der Waals surface area (Å²) in [6, 6.07) is 0.333. The maximum Gasteiger partial charge on any atom is 0.166 e. The van der Waals surface area contributed by atoms with E-state index in [4.69, 9.17) is 17.0 Å². The Bertz CT molecular complexity index is 124. The number of ether oxygens (including phenoxy) is 1. The highest BCUT2D eigenvalue weighted by molar-refractivity contribution is 7.80. The zero-order valence-electron chi connectivity index (χ0n) is 8.02. The second-order valence-electron chi connectivity index (χ2n) is 2.66. The Morgan fingerprint density at radius 1 is 1.58 bits per heavy atom. The molecular weight excluding hydrogens is 172 g/mol. The normalized spacial score (nSPS) is 12.2. The van der Waals surface area contributed by atoms with Crippen LogP contribution in [-0.2, 0) is 4.74 Å². The van der Waals surface area contributed by atoms with Gasteiger partial charge in [-0.2, -0.15) is 0 Å². The Morgan fingerprint density at radius 3 is 2.67 bits per heavy atom. The number of rotatable bonds is 5. The lowest BCUT2D eigenvalue weighted by Crippen LogP contribution is -2.42. The Hall–Kier alpha value is -0.350. The summed E-state index contributed by atoms with van der Waals surface area (Å²) in [5.41, 5.74) is 0. The van der Waals surface area contributed by atoms with Gasteiger partial charge in [0.25, 0.3) is 0 Å². The molecule has 0 radical (unpaired) electrons. The summed E-state index contributed by atoms with van der Waals surface area (Å²) in [4.78, 5) is 0. The van der Waals surface area contributed by atoms with E-state index in [1.54, 1.807) is 7.11 Å². The molecule has 0 rings (SSSR count). The highest BCUT2D eigenvalue weighted by Gasteiger charge is 2.06. The first-order chi connectivity index (χ1) is 5.74. The molecule has 0 aliphatic carbocycles. The Kier molecular flexibility index (Phi) is 7.09. The van der Waals surface area contributed by atoms with Crippen molar-refractivity contribution in [2.75, 3.05) is 20.8 Å². The summed E-state index contributed by atoms with van der Waals surface area (Å²) >= 11 is 4.98. The molecule has 0 aromatic carbocycles. The Balaban J connectivity index is 3.68. The van der Waals surface area contributed by atoms with E-state index in [-0.39, 0.29) is 0 Å². The topological polar surface area (TPSA) is 33.3 Å². The van der Waals surface area contributed by atoms with Gasteiger partial charge in [0.1, 0.15) is 0 Å². The molecule has 0 fully saturated rings. The van der Waals surface area contributed by atoms with Crippen molar-refractivity contribution in [3.05, 3.63) is 0 Å². The molecule has 0 saturated carbocycles. The quantitative estimate of drug-likeness (QED) is 0.631. The summed E-state index contributed by atoms with van der Waals surface area (Å²) in [5.74, 6) is 0. The smallest absolute Gasteiger partial charge is 0.166 e. The average molecular weight is 190 g/mol. The van der Waals surface area contributed by atoms with Crippen LogP contribution in [0.4, 0.5) is 0 Å². The predicted molar refractivity (Wildman–Crippen MR) is 55.4 cm³/mol. The van der Waals surface area contributed by atoms with Gasteiger partial charge in [0.15, 0.2) is 5.11 Å². The molecule has 0 saturated heterocycles. The molecule has 0 bridgehead atoms. The van der Waals surface area contributed by atoms with Crippen molar-refractivity contribution >= 4 is 17.3 Å². The van der Waals surface area contributed by atoms with E-state index in [1.165, 1.54) is 0 Å². The summed E-state index contributed by atoms with van der Waals surface area (Å²) in [6.07, 6.45) is 2.21. The maximum absolute atomic E-state index is 5.05. The van der Waals surface area contributed by atoms with Crippen molar-refractivity contribution in [1.82, 2.24) is 10.6 Å². The van der Waals surface area contributed by atoms with Crippen molar-refractivity contribution in [3.8, 4) is 0 Å². The molecule has 72 valence electrons. The van der Waals surface area contributed by atoms with Crippen LogP contribution in [0.3, 0.4) is 0 Å². The zero-order valence-corrected chi connectivity index (χ0v) is 8.83. The zero-order chi connectivity index (χ0) is 9.40. The fourth-order valence-corrected chi connectivity index (χ4v) is 1.17. The maximum atomic E-state index is 5.05. The lowest BCUT2D eigenvalue weighted by atomic mass is 10.2. The third-order valence-corrected chi connectivity index (χ3v) is 1.89. The molecule has 0 amide bonds. The van der Waals surface area contributed by atoms with Crippen molar-refractivity contribution in [2.24, 2.45) is 0 Å². The lowest BCUT2D eigenvalue weighted by molar-refractivity contribution is 0.170. The van der Waals surface area contributed by atoms with Crippen LogP contribution < -0.4 is 10.6 Å². The molecule has 0 heterocycles. The Labute approximate surface area is 79.9 Å². The summed E-state index contributed by atoms with van der Waals surface area (Å²) in [5, 5.41) is 6.73. The van der Waals surface area contributed by atoms with Gasteiger partial charge in [0.2, 0.25) is 0 Å². The van der Waals surface area contributed by atoms with Gasteiger partial charge in [0, 0.05) is 14.2 Å². The molecule has 1 atom stereocenters. The number of nitrogens with one attached hydrogen (secondary N) is 2. The van der Waals surface area contributed by atoms with E-state index in [9.17, 15) is 0 Å². The minimum absolute atomic E-state index is 0.333. The predicted octanol–water partition coefficient (Wildman–Crippen LogP) is 0.895. The van der Waals surface area contributed by atoms with Gasteiger partial charge in [-0.25, -0.2) is 0 Å². The number of thiocarbonyl (C=S) groups is 1. The molecule has 0 spiro atoms. The third-order valence-electron chi connectivity index (χ3n) is 1.57. The van der Waals surface area contributed by atoms with Crippen molar-refractivity contribution < 1.29 is 4.74 Å². The molecule has 1 unspecified atom stereocenters. The second kappa shape index (κ2) is 7.31. The van der Waals surface area contributed by atoms with Crippen LogP contribution in [-0.4, -0.2) is 31.9 Å². The van der Waals surface area contributed by atoms with Gasteiger partial charge >= 0.3 is 0 Å². The van der Waals surface area contributed by atoms with Crippen LogP contribution in [0.5, 0.6) is 0 Å². The first kappa shape index (κ1) is 11.6. The van der Waals surface area contributed by atoms with E-state index < -0.39 is 0 Å². The fraction of sp³-hybridized carbons (Fsp3) is 0.875. The largest absolute Gasteiger partial charge is 0.383 e. The van der Waals surface area contributed by atoms with Gasteiger partial charge in [-0.05, 0) is 18.6 Å². The van der Waals surface area contributed by atoms with Crippen molar-refractivity contribution in [1.29, 1.82) is 0 Å². The molecule has 4 heteroatoms. The highest BCUT2D eigenvalue weighted by Crippen LogP contribution is 1.96. The van der Waals surface area contributed by atoms with Gasteiger partial charge in [0.05, 0.1) is 12.6 Å². The van der Waals surface area contributed by atoms with Gasteiger partial charge in [-0.1, -0.05) is 13.3 Å². The minimum Gasteiger partial charge on any atom is -0.383 e. The summed E-state index contributed by atoms with van der Waals surface area (Å²) in [6.45, 7) is 2.85. The van der Waals surface area contributed by atoms with Crippen LogP contribution in [0, 0.1) is 0 Å². The summed E-state index contributed by atoms with van der Waals surface area (Å²) < 4.78 is 5.05. The molecule has 0 aliphatic heterocycles. The lowest BCUT2D eigenvalue weighted by Gasteiger charge is -2.18. The van der Waals surface area contributed by atoms with Crippen molar-refractivity contribution in [3.63, 3.8) is 0 Å². The van der Waals surface area contributed by atoms with Crippen LogP contribution >= 0.6 is 12.2 Å². The van der Waals surface area contributed by atoms with E-state index in [0.29, 0.717) is 17.8 Å². The van der Waals surface area contributed by atoms with E-state index in [1.807, 2.05) is 7.05 Å². The number of methoxy groups -OCH3 is 1. The molecule has 3 nitrogen and oxygen atoms in total. The van der Waals surface area contributed by atoms with Gasteiger partial charge < -0.3 is 15.4 Å². The minimum atomic E-state index is 0.333. The summed E-state index contributed by atoms with van der Waals surface area (Å²) in [7, 11) is 3.51.